The molecule has 35 heavy (non-hydrogen) atoms. The molecule has 0 saturated carbocycles. The Bertz CT molecular complexity index is 1410. The van der Waals surface area contributed by atoms with Crippen LogP contribution in [0.2, 0.25) is 5.02 Å². The van der Waals surface area contributed by atoms with E-state index in [0.717, 1.165) is 16.0 Å². The molecule has 1 aliphatic rings. The number of nitro benzene ring substituents is 1. The van der Waals surface area contributed by atoms with Crippen molar-refractivity contribution in [3.05, 3.63) is 85.5 Å². The first-order chi connectivity index (χ1) is 16.6. The summed E-state index contributed by atoms with van der Waals surface area (Å²) in [6.07, 6.45) is 1.39. The van der Waals surface area contributed by atoms with Gasteiger partial charge in [-0.15, -0.1) is 0 Å². The number of halogens is 1. The van der Waals surface area contributed by atoms with E-state index in [2.05, 4.69) is 5.32 Å². The van der Waals surface area contributed by atoms with Crippen LogP contribution in [0.25, 0.3) is 17.4 Å². The molecule has 1 fully saturated rings. The number of thioether (sulfide) groups is 1. The van der Waals surface area contributed by atoms with Crippen molar-refractivity contribution in [1.29, 1.82) is 0 Å². The van der Waals surface area contributed by atoms with Crippen molar-refractivity contribution in [2.45, 2.75) is 13.8 Å². The highest BCUT2D eigenvalue weighted by Crippen LogP contribution is 2.35. The van der Waals surface area contributed by atoms with Gasteiger partial charge in [0.1, 0.15) is 23.1 Å². The Morgan fingerprint density at radius 2 is 1.94 bits per heavy atom. The minimum absolute atomic E-state index is 0.000741. The van der Waals surface area contributed by atoms with Crippen molar-refractivity contribution in [2.24, 2.45) is 0 Å². The highest BCUT2D eigenvalue weighted by molar-refractivity contribution is 8.18. The van der Waals surface area contributed by atoms with Gasteiger partial charge in [-0.2, -0.15) is 0 Å². The van der Waals surface area contributed by atoms with Crippen LogP contribution in [0.1, 0.15) is 16.9 Å². The fraction of sp³-hybridized carbons (Fsp3) is 0.125. The second-order valence-corrected chi connectivity index (χ2v) is 9.16. The number of benzene rings is 2. The maximum atomic E-state index is 12.8. The quantitative estimate of drug-likeness (QED) is 0.252. The van der Waals surface area contributed by atoms with Crippen molar-refractivity contribution in [2.75, 3.05) is 11.9 Å². The third kappa shape index (κ3) is 5.28. The zero-order valence-corrected chi connectivity index (χ0v) is 20.1. The van der Waals surface area contributed by atoms with Gasteiger partial charge in [0.15, 0.2) is 0 Å². The second kappa shape index (κ2) is 9.77. The first-order valence-electron chi connectivity index (χ1n) is 10.3. The molecule has 2 aromatic carbocycles. The number of hydrogen-bond donors (Lipinski definition) is 1. The average molecular weight is 512 g/mol. The van der Waals surface area contributed by atoms with Gasteiger partial charge in [-0.05, 0) is 67.1 Å². The molecule has 3 aromatic rings. The summed E-state index contributed by atoms with van der Waals surface area (Å²) in [7, 11) is 0. The van der Waals surface area contributed by atoms with Crippen LogP contribution < -0.4 is 5.32 Å². The van der Waals surface area contributed by atoms with Crippen LogP contribution >= 0.6 is 23.4 Å². The Labute approximate surface area is 208 Å². The molecule has 11 heteroatoms. The third-order valence-corrected chi connectivity index (χ3v) is 6.40. The van der Waals surface area contributed by atoms with Crippen LogP contribution in [0.4, 0.5) is 16.2 Å². The van der Waals surface area contributed by atoms with E-state index < -0.39 is 28.5 Å². The molecule has 0 atom stereocenters. The molecule has 2 heterocycles. The van der Waals surface area contributed by atoms with Crippen molar-refractivity contribution in [3.8, 4) is 11.3 Å². The van der Waals surface area contributed by atoms with E-state index in [4.69, 9.17) is 16.0 Å². The van der Waals surface area contributed by atoms with Gasteiger partial charge >= 0.3 is 0 Å². The molecule has 3 amide bonds. The number of amides is 3. The summed E-state index contributed by atoms with van der Waals surface area (Å²) in [6.45, 7) is 3.32. The van der Waals surface area contributed by atoms with Gasteiger partial charge in [0.05, 0.1) is 9.83 Å². The number of carbonyl (C=O) groups is 3. The topological polar surface area (TPSA) is 123 Å². The highest BCUT2D eigenvalue weighted by Gasteiger charge is 2.36. The molecule has 1 N–H and O–H groups in total. The molecule has 0 aliphatic carbocycles. The zero-order valence-electron chi connectivity index (χ0n) is 18.5. The predicted octanol–water partition coefficient (Wildman–Crippen LogP) is 5.80. The number of anilines is 1. The van der Waals surface area contributed by atoms with Crippen molar-refractivity contribution in [3.63, 3.8) is 0 Å². The molecule has 0 spiro atoms. The molecular weight excluding hydrogens is 494 g/mol. The molecular formula is C24H18ClN3O6S. The van der Waals surface area contributed by atoms with Gasteiger partial charge in [0.2, 0.25) is 5.91 Å². The first-order valence-corrected chi connectivity index (χ1v) is 11.5. The van der Waals surface area contributed by atoms with Crippen LogP contribution in [-0.2, 0) is 9.59 Å². The third-order valence-electron chi connectivity index (χ3n) is 5.17. The average Bonchev–Trinajstić information content (AvgIpc) is 3.37. The number of nitrogens with one attached hydrogen (secondary N) is 1. The standard InChI is InChI=1S/C24H18ClN3O6S/c1-13-3-4-14(2)18(9-13)26-22(29)12-27-23(30)21(35-24(27)31)11-16-6-8-20(34-16)15-5-7-17(25)19(10-15)28(32)33/h3-11H,12H2,1-2H3,(H,26,29)/b21-11+. The lowest BCUT2D eigenvalue weighted by Gasteiger charge is -2.14. The van der Waals surface area contributed by atoms with Gasteiger partial charge in [0.25, 0.3) is 16.8 Å². The monoisotopic (exact) mass is 511 g/mol. The summed E-state index contributed by atoms with van der Waals surface area (Å²) in [5.41, 5.74) is 2.60. The summed E-state index contributed by atoms with van der Waals surface area (Å²) in [5.74, 6) is -0.519. The Kier molecular flexibility index (Phi) is 6.77. The normalized spacial score (nSPS) is 14.6. The second-order valence-electron chi connectivity index (χ2n) is 7.76. The van der Waals surface area contributed by atoms with Crippen LogP contribution in [0, 0.1) is 24.0 Å². The van der Waals surface area contributed by atoms with E-state index in [0.29, 0.717) is 28.8 Å². The first kappa shape index (κ1) is 24.2. The van der Waals surface area contributed by atoms with E-state index in [9.17, 15) is 24.5 Å². The Morgan fingerprint density at radius 3 is 2.69 bits per heavy atom. The highest BCUT2D eigenvalue weighted by atomic mass is 35.5. The van der Waals surface area contributed by atoms with Crippen LogP contribution in [-0.4, -0.2) is 33.4 Å². The minimum atomic E-state index is -0.615. The number of nitro groups is 1. The van der Waals surface area contributed by atoms with E-state index >= 15 is 0 Å². The minimum Gasteiger partial charge on any atom is -0.457 e. The van der Waals surface area contributed by atoms with Crippen molar-refractivity contribution >= 4 is 57.9 Å². The molecule has 1 aliphatic heterocycles. The maximum Gasteiger partial charge on any atom is 0.294 e. The van der Waals surface area contributed by atoms with E-state index in [1.54, 1.807) is 18.2 Å². The Balaban J connectivity index is 1.48. The number of hydrogen-bond acceptors (Lipinski definition) is 7. The van der Waals surface area contributed by atoms with Crippen LogP contribution in [0.3, 0.4) is 0 Å². The van der Waals surface area contributed by atoms with Gasteiger partial charge in [0, 0.05) is 23.4 Å². The van der Waals surface area contributed by atoms with Gasteiger partial charge in [-0.3, -0.25) is 29.4 Å². The molecule has 0 bridgehead atoms. The van der Waals surface area contributed by atoms with Gasteiger partial charge < -0.3 is 9.73 Å². The van der Waals surface area contributed by atoms with Gasteiger partial charge in [-0.25, -0.2) is 0 Å². The lowest BCUT2D eigenvalue weighted by molar-refractivity contribution is -0.384. The summed E-state index contributed by atoms with van der Waals surface area (Å²) < 4.78 is 5.69. The molecule has 4 rings (SSSR count). The molecule has 1 aromatic heterocycles. The number of furan rings is 1. The summed E-state index contributed by atoms with van der Waals surface area (Å²) in [6, 6.07) is 13.0. The SMILES string of the molecule is Cc1ccc(C)c(NC(=O)CN2C(=O)S/C(=C/c3ccc(-c4ccc(Cl)c([N+](=O)[O-])c4)o3)C2=O)c1. The predicted molar refractivity (Wildman–Crippen MR) is 133 cm³/mol. The lowest BCUT2D eigenvalue weighted by atomic mass is 10.1. The van der Waals surface area contributed by atoms with E-state index in [1.807, 2.05) is 32.0 Å². The summed E-state index contributed by atoms with van der Waals surface area (Å²) in [5, 5.41) is 13.3. The fourth-order valence-corrected chi connectivity index (χ4v) is 4.37. The molecule has 0 radical (unpaired) electrons. The number of carbonyl (C=O) groups excluding carboxylic acids is 3. The zero-order chi connectivity index (χ0) is 25.3. The van der Waals surface area contributed by atoms with Crippen molar-refractivity contribution in [1.82, 2.24) is 4.90 Å². The Morgan fingerprint density at radius 1 is 1.17 bits per heavy atom. The number of rotatable bonds is 6. The molecule has 178 valence electrons. The molecule has 1 saturated heterocycles. The molecule has 0 unspecified atom stereocenters. The summed E-state index contributed by atoms with van der Waals surface area (Å²) >= 11 is 6.55. The van der Waals surface area contributed by atoms with Crippen LogP contribution in [0.5, 0.6) is 0 Å². The molecule has 9 nitrogen and oxygen atoms in total. The lowest BCUT2D eigenvalue weighted by Crippen LogP contribution is -2.36. The van der Waals surface area contributed by atoms with E-state index in [-0.39, 0.29) is 21.4 Å². The fourth-order valence-electron chi connectivity index (χ4n) is 3.36. The summed E-state index contributed by atoms with van der Waals surface area (Å²) in [4.78, 5) is 49.1. The maximum absolute atomic E-state index is 12.8. The smallest absolute Gasteiger partial charge is 0.294 e. The number of imide groups is 1. The van der Waals surface area contributed by atoms with Crippen molar-refractivity contribution < 1.29 is 23.7 Å². The number of nitrogens with zero attached hydrogens (tertiary/aromatic N) is 2. The van der Waals surface area contributed by atoms with Crippen LogP contribution in [0.15, 0.2) is 57.9 Å². The Hall–Kier alpha value is -3.89. The number of aryl methyl sites for hydroxylation is 2. The van der Waals surface area contributed by atoms with Gasteiger partial charge in [-0.1, -0.05) is 23.7 Å². The largest absolute Gasteiger partial charge is 0.457 e. The van der Waals surface area contributed by atoms with E-state index in [1.165, 1.54) is 18.2 Å².